The minimum atomic E-state index is -0.149. The summed E-state index contributed by atoms with van der Waals surface area (Å²) in [6.45, 7) is 1.52. The fourth-order valence-corrected chi connectivity index (χ4v) is 3.75. The number of hydrogen-bond acceptors (Lipinski definition) is 6. The van der Waals surface area contributed by atoms with E-state index in [1.165, 1.54) is 0 Å². The Labute approximate surface area is 167 Å². The number of nitrogens with zero attached hydrogens (tertiary/aromatic N) is 1. The molecule has 2 aromatic rings. The van der Waals surface area contributed by atoms with Gasteiger partial charge in [-0.05, 0) is 49.2 Å². The summed E-state index contributed by atoms with van der Waals surface area (Å²) in [5, 5.41) is 3.05. The van der Waals surface area contributed by atoms with Crippen LogP contribution >= 0.6 is 0 Å². The van der Waals surface area contributed by atoms with Gasteiger partial charge in [-0.1, -0.05) is 0 Å². The predicted octanol–water partition coefficient (Wildman–Crippen LogP) is 2.18. The van der Waals surface area contributed by atoms with E-state index in [1.807, 2.05) is 0 Å². The number of nitrogens with one attached hydrogen (secondary N) is 1. The smallest absolute Gasteiger partial charge is 0.253 e. The molecule has 8 nitrogen and oxygen atoms in total. The van der Waals surface area contributed by atoms with Crippen molar-refractivity contribution in [2.45, 2.75) is 18.9 Å². The first-order valence-corrected chi connectivity index (χ1v) is 9.57. The van der Waals surface area contributed by atoms with Crippen LogP contribution in [0.3, 0.4) is 0 Å². The molecular weight excluding hydrogens is 376 g/mol. The van der Waals surface area contributed by atoms with E-state index in [0.29, 0.717) is 60.1 Å². The summed E-state index contributed by atoms with van der Waals surface area (Å²) in [5.41, 5.74) is 1.12. The van der Waals surface area contributed by atoms with Gasteiger partial charge in [-0.3, -0.25) is 9.59 Å². The van der Waals surface area contributed by atoms with Crippen molar-refractivity contribution in [3.05, 3.63) is 47.5 Å². The zero-order chi connectivity index (χ0) is 19.8. The van der Waals surface area contributed by atoms with Crippen LogP contribution in [0.15, 0.2) is 36.4 Å². The van der Waals surface area contributed by atoms with Gasteiger partial charge in [-0.15, -0.1) is 0 Å². The van der Waals surface area contributed by atoms with Gasteiger partial charge >= 0.3 is 0 Å². The normalized spacial score (nSPS) is 17.3. The number of fused-ring (bicyclic) bond motifs is 2. The Bertz CT molecular complexity index is 968. The lowest BCUT2D eigenvalue weighted by molar-refractivity contribution is 0.0697. The van der Waals surface area contributed by atoms with Crippen molar-refractivity contribution in [2.24, 2.45) is 0 Å². The highest BCUT2D eigenvalue weighted by Gasteiger charge is 2.26. The molecule has 0 aromatic heterocycles. The first kappa shape index (κ1) is 17.7. The number of carbonyl (C=O) groups excluding carboxylic acids is 2. The first-order chi connectivity index (χ1) is 14.2. The highest BCUT2D eigenvalue weighted by molar-refractivity contribution is 5.96. The Kier molecular flexibility index (Phi) is 4.38. The van der Waals surface area contributed by atoms with Gasteiger partial charge in [0.05, 0.1) is 0 Å². The van der Waals surface area contributed by atoms with E-state index in [0.717, 1.165) is 0 Å². The van der Waals surface area contributed by atoms with Crippen LogP contribution in [0.2, 0.25) is 0 Å². The molecule has 0 spiro atoms. The lowest BCUT2D eigenvalue weighted by Gasteiger charge is -2.32. The number of rotatable bonds is 3. The van der Waals surface area contributed by atoms with E-state index in [1.54, 1.807) is 41.3 Å². The van der Waals surface area contributed by atoms with E-state index in [-0.39, 0.29) is 31.4 Å². The molecular formula is C21H20N2O6. The van der Waals surface area contributed by atoms with Crippen LogP contribution in [0.5, 0.6) is 23.0 Å². The Hall–Kier alpha value is -3.42. The van der Waals surface area contributed by atoms with E-state index in [4.69, 9.17) is 18.9 Å². The van der Waals surface area contributed by atoms with Gasteiger partial charge in [0.25, 0.3) is 11.8 Å². The van der Waals surface area contributed by atoms with Crippen molar-refractivity contribution in [1.82, 2.24) is 10.2 Å². The summed E-state index contributed by atoms with van der Waals surface area (Å²) in [7, 11) is 0. The summed E-state index contributed by atoms with van der Waals surface area (Å²) in [5.74, 6) is 2.31. The molecule has 3 aliphatic rings. The maximum absolute atomic E-state index is 12.8. The average Bonchev–Trinajstić information content (AvgIpc) is 3.41. The number of piperidine rings is 1. The molecule has 29 heavy (non-hydrogen) atoms. The monoisotopic (exact) mass is 396 g/mol. The summed E-state index contributed by atoms with van der Waals surface area (Å²) >= 11 is 0. The minimum Gasteiger partial charge on any atom is -0.454 e. The third-order valence-corrected chi connectivity index (χ3v) is 5.37. The molecule has 0 saturated carbocycles. The van der Waals surface area contributed by atoms with Crippen molar-refractivity contribution < 1.29 is 28.5 Å². The molecule has 1 fully saturated rings. The van der Waals surface area contributed by atoms with Crippen molar-refractivity contribution in [3.63, 3.8) is 0 Å². The lowest BCUT2D eigenvalue weighted by Crippen LogP contribution is -2.46. The molecule has 1 N–H and O–H groups in total. The second-order valence-electron chi connectivity index (χ2n) is 7.18. The molecule has 0 unspecified atom stereocenters. The lowest BCUT2D eigenvalue weighted by atomic mass is 10.0. The van der Waals surface area contributed by atoms with Crippen LogP contribution in [-0.2, 0) is 0 Å². The second-order valence-corrected chi connectivity index (χ2v) is 7.18. The van der Waals surface area contributed by atoms with Crippen LogP contribution in [0, 0.1) is 0 Å². The molecule has 0 radical (unpaired) electrons. The van der Waals surface area contributed by atoms with Crippen molar-refractivity contribution >= 4 is 11.8 Å². The Morgan fingerprint density at radius 1 is 0.793 bits per heavy atom. The number of likely N-dealkylation sites (tertiary alicyclic amines) is 1. The van der Waals surface area contributed by atoms with Crippen LogP contribution in [-0.4, -0.2) is 49.4 Å². The summed E-state index contributed by atoms with van der Waals surface area (Å²) in [4.78, 5) is 27.1. The molecule has 5 rings (SSSR count). The minimum absolute atomic E-state index is 0.0220. The van der Waals surface area contributed by atoms with Gasteiger partial charge in [-0.25, -0.2) is 0 Å². The Balaban J connectivity index is 1.17. The number of amides is 2. The maximum Gasteiger partial charge on any atom is 0.253 e. The second kappa shape index (κ2) is 7.20. The van der Waals surface area contributed by atoms with Gasteiger partial charge in [-0.2, -0.15) is 0 Å². The predicted molar refractivity (Wildman–Crippen MR) is 102 cm³/mol. The molecule has 3 aliphatic heterocycles. The third-order valence-electron chi connectivity index (χ3n) is 5.37. The molecule has 2 aromatic carbocycles. The SMILES string of the molecule is O=C(NC1CCN(C(=O)c2ccc3c(c2)OCO3)CC1)c1ccc2c(c1)OCO2. The molecule has 0 aliphatic carbocycles. The third kappa shape index (κ3) is 3.41. The Morgan fingerprint density at radius 3 is 2.00 bits per heavy atom. The highest BCUT2D eigenvalue weighted by atomic mass is 16.7. The van der Waals surface area contributed by atoms with Crippen LogP contribution in [0.25, 0.3) is 0 Å². The summed E-state index contributed by atoms with van der Waals surface area (Å²) in [6, 6.07) is 10.4. The summed E-state index contributed by atoms with van der Waals surface area (Å²) < 4.78 is 21.2. The van der Waals surface area contributed by atoms with Crippen molar-refractivity contribution in [2.75, 3.05) is 26.7 Å². The van der Waals surface area contributed by atoms with E-state index in [2.05, 4.69) is 5.32 Å². The molecule has 0 atom stereocenters. The molecule has 1 saturated heterocycles. The van der Waals surface area contributed by atoms with Gasteiger partial charge < -0.3 is 29.2 Å². The van der Waals surface area contributed by atoms with Gasteiger partial charge in [0.2, 0.25) is 13.6 Å². The maximum atomic E-state index is 12.8. The number of hydrogen-bond donors (Lipinski definition) is 1. The fourth-order valence-electron chi connectivity index (χ4n) is 3.75. The largest absolute Gasteiger partial charge is 0.454 e. The van der Waals surface area contributed by atoms with Crippen molar-refractivity contribution in [3.8, 4) is 23.0 Å². The first-order valence-electron chi connectivity index (χ1n) is 9.57. The quantitative estimate of drug-likeness (QED) is 0.856. The molecule has 3 heterocycles. The van der Waals surface area contributed by atoms with Gasteiger partial charge in [0, 0.05) is 30.3 Å². The molecule has 2 amide bonds. The van der Waals surface area contributed by atoms with Crippen LogP contribution < -0.4 is 24.3 Å². The molecule has 8 heteroatoms. The van der Waals surface area contributed by atoms with Gasteiger partial charge in [0.15, 0.2) is 23.0 Å². The number of benzene rings is 2. The van der Waals surface area contributed by atoms with E-state index >= 15 is 0 Å². The molecule has 150 valence electrons. The number of carbonyl (C=O) groups is 2. The van der Waals surface area contributed by atoms with E-state index in [9.17, 15) is 9.59 Å². The van der Waals surface area contributed by atoms with E-state index < -0.39 is 0 Å². The topological polar surface area (TPSA) is 86.3 Å². The van der Waals surface area contributed by atoms with Crippen LogP contribution in [0.4, 0.5) is 0 Å². The summed E-state index contributed by atoms with van der Waals surface area (Å²) in [6.07, 6.45) is 1.40. The van der Waals surface area contributed by atoms with Gasteiger partial charge in [0.1, 0.15) is 0 Å². The van der Waals surface area contributed by atoms with Crippen LogP contribution in [0.1, 0.15) is 33.6 Å². The zero-order valence-electron chi connectivity index (χ0n) is 15.7. The Morgan fingerprint density at radius 2 is 1.34 bits per heavy atom. The highest BCUT2D eigenvalue weighted by Crippen LogP contribution is 2.34. The molecule has 0 bridgehead atoms. The fraction of sp³-hybridized carbons (Fsp3) is 0.333. The number of ether oxygens (including phenoxy) is 4. The average molecular weight is 396 g/mol. The van der Waals surface area contributed by atoms with Crippen molar-refractivity contribution in [1.29, 1.82) is 0 Å². The standard InChI is InChI=1S/C21H20N2O6/c24-20(13-1-3-16-18(9-13)28-11-26-16)22-15-5-7-23(8-6-15)21(25)14-2-4-17-19(10-14)29-12-27-17/h1-4,9-10,15H,5-8,11-12H2,(H,22,24). The zero-order valence-corrected chi connectivity index (χ0v) is 15.7.